The van der Waals surface area contributed by atoms with Crippen LogP contribution >= 0.6 is 0 Å². The molecule has 112 valence electrons. The van der Waals surface area contributed by atoms with E-state index in [1.807, 2.05) is 30.3 Å². The maximum Gasteiger partial charge on any atom is 0.329 e. The van der Waals surface area contributed by atoms with Gasteiger partial charge in [-0.2, -0.15) is 5.10 Å². The smallest absolute Gasteiger partial charge is 0.329 e. The maximum atomic E-state index is 11.6. The molecule has 2 rings (SSSR count). The molecule has 6 nitrogen and oxygen atoms in total. The summed E-state index contributed by atoms with van der Waals surface area (Å²) >= 11 is 0. The van der Waals surface area contributed by atoms with Crippen LogP contribution in [0.25, 0.3) is 0 Å². The summed E-state index contributed by atoms with van der Waals surface area (Å²) < 4.78 is 0. The van der Waals surface area contributed by atoms with E-state index in [1.165, 1.54) is 4.90 Å². The van der Waals surface area contributed by atoms with Crippen LogP contribution in [-0.4, -0.2) is 37.7 Å². The number of benzene rings is 1. The van der Waals surface area contributed by atoms with Gasteiger partial charge in [0.2, 0.25) is 0 Å². The van der Waals surface area contributed by atoms with Gasteiger partial charge in [0, 0.05) is 25.1 Å². The predicted octanol–water partition coefficient (Wildman–Crippen LogP) is -0.916. The molecule has 0 atom stereocenters. The van der Waals surface area contributed by atoms with Crippen LogP contribution in [0, 0.1) is 0 Å². The molecule has 1 aliphatic rings. The molecule has 1 aromatic carbocycles. The second kappa shape index (κ2) is 7.54. The Bertz CT molecular complexity index is 518. The Balaban J connectivity index is 1.75. The molecular formula is C15H21N4O2+. The van der Waals surface area contributed by atoms with Gasteiger partial charge >= 0.3 is 11.8 Å². The fourth-order valence-corrected chi connectivity index (χ4v) is 2.12. The van der Waals surface area contributed by atoms with Crippen molar-refractivity contribution in [3.63, 3.8) is 0 Å². The van der Waals surface area contributed by atoms with Gasteiger partial charge in [-0.05, 0) is 5.56 Å². The third-order valence-corrected chi connectivity index (χ3v) is 3.50. The summed E-state index contributed by atoms with van der Waals surface area (Å²) in [6, 6.07) is 9.45. The first-order chi connectivity index (χ1) is 10.1. The van der Waals surface area contributed by atoms with Gasteiger partial charge < -0.3 is 10.2 Å². The van der Waals surface area contributed by atoms with E-state index in [-0.39, 0.29) is 0 Å². The SMILES string of the molecule is C[NH+]1CCC(=NNC(=O)C(=O)NCc2ccccc2)CC1. The van der Waals surface area contributed by atoms with Crippen molar-refractivity contribution in [1.82, 2.24) is 10.7 Å². The summed E-state index contributed by atoms with van der Waals surface area (Å²) in [6.07, 6.45) is 1.72. The average molecular weight is 289 g/mol. The number of hydrogen-bond donors (Lipinski definition) is 3. The van der Waals surface area contributed by atoms with Gasteiger partial charge in [-0.15, -0.1) is 0 Å². The van der Waals surface area contributed by atoms with Gasteiger partial charge in [-0.1, -0.05) is 30.3 Å². The van der Waals surface area contributed by atoms with E-state index >= 15 is 0 Å². The fourth-order valence-electron chi connectivity index (χ4n) is 2.12. The molecule has 0 spiro atoms. The second-order valence-corrected chi connectivity index (χ2v) is 5.24. The highest BCUT2D eigenvalue weighted by Crippen LogP contribution is 1.97. The quantitative estimate of drug-likeness (QED) is 0.497. The zero-order chi connectivity index (χ0) is 15.1. The maximum absolute atomic E-state index is 11.6. The molecule has 0 unspecified atom stereocenters. The minimum Gasteiger partial charge on any atom is -0.344 e. The van der Waals surface area contributed by atoms with E-state index in [1.54, 1.807) is 0 Å². The number of rotatable bonds is 3. The predicted molar refractivity (Wildman–Crippen MR) is 79.7 cm³/mol. The number of piperidine rings is 1. The van der Waals surface area contributed by atoms with Crippen molar-refractivity contribution in [3.8, 4) is 0 Å². The Hall–Kier alpha value is -2.21. The molecule has 1 aliphatic heterocycles. The van der Waals surface area contributed by atoms with Gasteiger partial charge in [-0.3, -0.25) is 9.59 Å². The summed E-state index contributed by atoms with van der Waals surface area (Å²) in [7, 11) is 2.13. The number of carbonyl (C=O) groups excluding carboxylic acids is 2. The van der Waals surface area contributed by atoms with Crippen LogP contribution in [0.5, 0.6) is 0 Å². The third-order valence-electron chi connectivity index (χ3n) is 3.50. The van der Waals surface area contributed by atoms with Crippen molar-refractivity contribution in [2.45, 2.75) is 19.4 Å². The number of hydrogen-bond acceptors (Lipinski definition) is 3. The highest BCUT2D eigenvalue weighted by atomic mass is 16.2. The zero-order valence-electron chi connectivity index (χ0n) is 12.2. The first-order valence-electron chi connectivity index (χ1n) is 7.14. The lowest BCUT2D eigenvalue weighted by Gasteiger charge is -2.20. The van der Waals surface area contributed by atoms with Crippen LogP contribution in [0.4, 0.5) is 0 Å². The Morgan fingerprint density at radius 2 is 1.81 bits per heavy atom. The van der Waals surface area contributed by atoms with Crippen LogP contribution in [-0.2, 0) is 16.1 Å². The topological polar surface area (TPSA) is 75.0 Å². The number of carbonyl (C=O) groups is 2. The second-order valence-electron chi connectivity index (χ2n) is 5.24. The van der Waals surface area contributed by atoms with Gasteiger partial charge in [0.05, 0.1) is 20.1 Å². The van der Waals surface area contributed by atoms with Crippen LogP contribution < -0.4 is 15.6 Å². The molecule has 21 heavy (non-hydrogen) atoms. The molecule has 2 amide bonds. The van der Waals surface area contributed by atoms with E-state index in [2.05, 4.69) is 22.9 Å². The van der Waals surface area contributed by atoms with Crippen molar-refractivity contribution in [2.24, 2.45) is 5.10 Å². The standard InChI is InChI=1S/C15H20N4O2/c1-19-9-7-13(8-10-19)17-18-15(21)14(20)16-11-12-5-3-2-4-6-12/h2-6H,7-11H2,1H3,(H,16,20)(H,18,21)/p+1. The Kier molecular flexibility index (Phi) is 5.45. The monoisotopic (exact) mass is 289 g/mol. The van der Waals surface area contributed by atoms with Crippen LogP contribution in [0.3, 0.4) is 0 Å². The summed E-state index contributed by atoms with van der Waals surface area (Å²) in [4.78, 5) is 24.7. The summed E-state index contributed by atoms with van der Waals surface area (Å²) in [5, 5.41) is 6.61. The highest BCUT2D eigenvalue weighted by molar-refractivity contribution is 6.35. The molecule has 3 N–H and O–H groups in total. The fraction of sp³-hybridized carbons (Fsp3) is 0.400. The highest BCUT2D eigenvalue weighted by Gasteiger charge is 2.16. The van der Waals surface area contributed by atoms with Crippen LogP contribution in [0.15, 0.2) is 35.4 Å². The summed E-state index contributed by atoms with van der Waals surface area (Å²) in [5.74, 6) is -1.38. The van der Waals surface area contributed by atoms with Gasteiger partial charge in [0.15, 0.2) is 0 Å². The van der Waals surface area contributed by atoms with Crippen molar-refractivity contribution in [1.29, 1.82) is 0 Å². The molecule has 1 aromatic rings. The van der Waals surface area contributed by atoms with E-state index in [4.69, 9.17) is 0 Å². The Morgan fingerprint density at radius 1 is 1.14 bits per heavy atom. The Labute approximate surface area is 124 Å². The number of likely N-dealkylation sites (tertiary alicyclic amines) is 1. The van der Waals surface area contributed by atoms with E-state index in [0.29, 0.717) is 6.54 Å². The Morgan fingerprint density at radius 3 is 2.48 bits per heavy atom. The number of nitrogens with one attached hydrogen (secondary N) is 3. The minimum absolute atomic E-state index is 0.331. The first-order valence-corrected chi connectivity index (χ1v) is 7.14. The number of hydrazone groups is 1. The van der Waals surface area contributed by atoms with E-state index in [9.17, 15) is 9.59 Å². The average Bonchev–Trinajstić information content (AvgIpc) is 2.52. The van der Waals surface area contributed by atoms with Crippen LogP contribution in [0.2, 0.25) is 0 Å². The lowest BCUT2D eigenvalue weighted by atomic mass is 10.1. The van der Waals surface area contributed by atoms with Crippen molar-refractivity contribution in [2.75, 3.05) is 20.1 Å². The molecule has 0 saturated carbocycles. The summed E-state index contributed by atoms with van der Waals surface area (Å²) in [5.41, 5.74) is 4.23. The normalized spacial score (nSPS) is 18.0. The lowest BCUT2D eigenvalue weighted by molar-refractivity contribution is -0.880. The third kappa shape index (κ3) is 5.00. The summed E-state index contributed by atoms with van der Waals surface area (Å²) in [6.45, 7) is 2.35. The van der Waals surface area contributed by atoms with Crippen LogP contribution in [0.1, 0.15) is 18.4 Å². The number of amides is 2. The van der Waals surface area contributed by atoms with Gasteiger partial charge in [0.1, 0.15) is 0 Å². The molecule has 1 heterocycles. The molecule has 0 aromatic heterocycles. The molecule has 6 heteroatoms. The minimum atomic E-state index is -0.718. The van der Waals surface area contributed by atoms with Crippen molar-refractivity contribution < 1.29 is 14.5 Å². The first kappa shape index (κ1) is 15.2. The van der Waals surface area contributed by atoms with E-state index in [0.717, 1.165) is 37.2 Å². The molecule has 1 fully saturated rings. The largest absolute Gasteiger partial charge is 0.344 e. The molecule has 0 aliphatic carbocycles. The van der Waals surface area contributed by atoms with Crippen molar-refractivity contribution >= 4 is 17.5 Å². The van der Waals surface area contributed by atoms with E-state index < -0.39 is 11.8 Å². The lowest BCUT2D eigenvalue weighted by Crippen LogP contribution is -3.10. The number of quaternary nitrogens is 1. The van der Waals surface area contributed by atoms with Crippen molar-refractivity contribution in [3.05, 3.63) is 35.9 Å². The van der Waals surface area contributed by atoms with Gasteiger partial charge in [0.25, 0.3) is 0 Å². The molecule has 0 bridgehead atoms. The molecule has 0 radical (unpaired) electrons. The molecule has 1 saturated heterocycles. The van der Waals surface area contributed by atoms with Gasteiger partial charge in [-0.25, -0.2) is 5.43 Å². The zero-order valence-corrected chi connectivity index (χ0v) is 12.2. The number of nitrogens with zero attached hydrogens (tertiary/aromatic N) is 1. The molecular weight excluding hydrogens is 268 g/mol.